The van der Waals surface area contributed by atoms with Crippen LogP contribution < -0.4 is 4.43 Å². The summed E-state index contributed by atoms with van der Waals surface area (Å²) in [6.07, 6.45) is 6.39. The lowest BCUT2D eigenvalue weighted by Crippen LogP contribution is -2.11. The van der Waals surface area contributed by atoms with Crippen LogP contribution in [0.1, 0.15) is 5.69 Å². The fourth-order valence-electron chi connectivity index (χ4n) is 1.68. The second kappa shape index (κ2) is 6.33. The van der Waals surface area contributed by atoms with Crippen molar-refractivity contribution in [1.82, 2.24) is 9.55 Å². The number of hydrogen-bond acceptors (Lipinski definition) is 3. The minimum absolute atomic E-state index is 0.727. The van der Waals surface area contributed by atoms with E-state index in [-0.39, 0.29) is 0 Å². The van der Waals surface area contributed by atoms with E-state index < -0.39 is 9.04 Å². The zero-order valence-corrected chi connectivity index (χ0v) is 12.5. The van der Waals surface area contributed by atoms with Crippen molar-refractivity contribution < 1.29 is 4.43 Å². The monoisotopic (exact) mass is 272 g/mol. The first-order chi connectivity index (χ1) is 9.15. The van der Waals surface area contributed by atoms with E-state index >= 15 is 0 Å². The number of rotatable bonds is 5. The van der Waals surface area contributed by atoms with Gasteiger partial charge >= 0.3 is 0 Å². The van der Waals surface area contributed by atoms with E-state index in [0.717, 1.165) is 23.6 Å². The van der Waals surface area contributed by atoms with Gasteiger partial charge in [0.1, 0.15) is 11.4 Å². The van der Waals surface area contributed by atoms with E-state index in [1.54, 1.807) is 6.33 Å². The summed E-state index contributed by atoms with van der Waals surface area (Å²) >= 11 is 0. The molecule has 0 atom stereocenters. The SMILES string of the molecule is Cn1cnc(CC=Nc2ccccc2O[Si](C)C)c1. The number of imidazole rings is 1. The van der Waals surface area contributed by atoms with Crippen LogP contribution in [0, 0.1) is 0 Å². The van der Waals surface area contributed by atoms with Crippen molar-refractivity contribution in [2.45, 2.75) is 19.5 Å². The molecule has 1 aromatic carbocycles. The Bertz CT molecular complexity index is 563. The molecule has 19 heavy (non-hydrogen) atoms. The highest BCUT2D eigenvalue weighted by Crippen LogP contribution is 2.26. The normalized spacial score (nSPS) is 11.4. The highest BCUT2D eigenvalue weighted by molar-refractivity contribution is 6.49. The largest absolute Gasteiger partial charge is 0.541 e. The number of aromatic nitrogens is 2. The van der Waals surface area contributed by atoms with Crippen molar-refractivity contribution in [2.24, 2.45) is 12.0 Å². The molecule has 0 aliphatic heterocycles. The molecule has 99 valence electrons. The number of benzene rings is 1. The van der Waals surface area contributed by atoms with Gasteiger partial charge in [0, 0.05) is 25.9 Å². The van der Waals surface area contributed by atoms with Crippen LogP contribution in [0.3, 0.4) is 0 Å². The summed E-state index contributed by atoms with van der Waals surface area (Å²) in [6, 6.07) is 7.87. The van der Waals surface area contributed by atoms with E-state index in [1.807, 2.05) is 48.3 Å². The summed E-state index contributed by atoms with van der Waals surface area (Å²) in [7, 11) is 1.19. The van der Waals surface area contributed by atoms with Crippen LogP contribution in [-0.2, 0) is 13.5 Å². The van der Waals surface area contributed by atoms with Crippen LogP contribution in [0.25, 0.3) is 0 Å². The predicted octanol–water partition coefficient (Wildman–Crippen LogP) is 3.00. The first kappa shape index (κ1) is 13.5. The Labute approximate surface area is 115 Å². The van der Waals surface area contributed by atoms with Gasteiger partial charge in [0.2, 0.25) is 0 Å². The maximum atomic E-state index is 5.82. The van der Waals surface area contributed by atoms with Crippen LogP contribution in [0.2, 0.25) is 13.1 Å². The molecule has 0 unspecified atom stereocenters. The summed E-state index contributed by atoms with van der Waals surface area (Å²) in [6.45, 7) is 4.22. The Hall–Kier alpha value is -1.88. The van der Waals surface area contributed by atoms with Gasteiger partial charge in [-0.25, -0.2) is 4.98 Å². The molecule has 2 aromatic rings. The lowest BCUT2D eigenvalue weighted by molar-refractivity contribution is 0.582. The quantitative estimate of drug-likeness (QED) is 0.620. The fraction of sp³-hybridized carbons (Fsp3) is 0.286. The summed E-state index contributed by atoms with van der Waals surface area (Å²) in [5, 5.41) is 0. The van der Waals surface area contributed by atoms with Crippen LogP contribution >= 0.6 is 0 Å². The Balaban J connectivity index is 2.05. The molecule has 1 heterocycles. The van der Waals surface area contributed by atoms with Crippen LogP contribution in [-0.4, -0.2) is 24.8 Å². The summed E-state index contributed by atoms with van der Waals surface area (Å²) in [5.41, 5.74) is 1.89. The lowest BCUT2D eigenvalue weighted by atomic mass is 10.3. The van der Waals surface area contributed by atoms with Crippen molar-refractivity contribution in [3.8, 4) is 5.75 Å². The van der Waals surface area contributed by atoms with Gasteiger partial charge in [-0.15, -0.1) is 0 Å². The van der Waals surface area contributed by atoms with Crippen molar-refractivity contribution in [1.29, 1.82) is 0 Å². The zero-order valence-electron chi connectivity index (χ0n) is 11.5. The minimum atomic E-state index is -0.771. The van der Waals surface area contributed by atoms with Crippen molar-refractivity contribution >= 4 is 20.9 Å². The number of aryl methyl sites for hydroxylation is 1. The van der Waals surface area contributed by atoms with E-state index in [4.69, 9.17) is 4.43 Å². The smallest absolute Gasteiger partial charge is 0.274 e. The minimum Gasteiger partial charge on any atom is -0.541 e. The molecule has 0 amide bonds. The first-order valence-corrected chi connectivity index (χ1v) is 8.62. The molecule has 0 aliphatic carbocycles. The Morgan fingerprint density at radius 1 is 1.37 bits per heavy atom. The number of hydrogen-bond donors (Lipinski definition) is 0. The number of para-hydroxylation sites is 2. The average molecular weight is 272 g/mol. The van der Waals surface area contributed by atoms with E-state index in [1.165, 1.54) is 0 Å². The van der Waals surface area contributed by atoms with Gasteiger partial charge in [0.15, 0.2) is 0 Å². The van der Waals surface area contributed by atoms with Crippen LogP contribution in [0.15, 0.2) is 41.8 Å². The molecule has 0 fully saturated rings. The van der Waals surface area contributed by atoms with Gasteiger partial charge in [0.05, 0.1) is 12.0 Å². The molecule has 1 aromatic heterocycles. The number of nitrogens with zero attached hydrogens (tertiary/aromatic N) is 3. The molecular formula is C14H18N3OSi. The van der Waals surface area contributed by atoms with Gasteiger partial charge < -0.3 is 8.99 Å². The molecule has 5 heteroatoms. The third kappa shape index (κ3) is 4.06. The molecular weight excluding hydrogens is 254 g/mol. The Morgan fingerprint density at radius 3 is 2.84 bits per heavy atom. The molecule has 0 saturated heterocycles. The van der Waals surface area contributed by atoms with Gasteiger partial charge in [0.25, 0.3) is 9.04 Å². The van der Waals surface area contributed by atoms with Crippen molar-refractivity contribution in [3.63, 3.8) is 0 Å². The van der Waals surface area contributed by atoms with E-state index in [2.05, 4.69) is 23.1 Å². The van der Waals surface area contributed by atoms with Crippen molar-refractivity contribution in [2.75, 3.05) is 0 Å². The molecule has 4 nitrogen and oxygen atoms in total. The number of aliphatic imine (C=N–C) groups is 1. The highest BCUT2D eigenvalue weighted by atomic mass is 28.3. The summed E-state index contributed by atoms with van der Waals surface area (Å²) in [5.74, 6) is 0.860. The topological polar surface area (TPSA) is 39.4 Å². The van der Waals surface area contributed by atoms with Crippen molar-refractivity contribution in [3.05, 3.63) is 42.5 Å². The highest BCUT2D eigenvalue weighted by Gasteiger charge is 2.04. The molecule has 0 aliphatic rings. The second-order valence-corrected chi connectivity index (χ2v) is 6.54. The second-order valence-electron chi connectivity index (χ2n) is 4.52. The van der Waals surface area contributed by atoms with Crippen LogP contribution in [0.5, 0.6) is 5.75 Å². The summed E-state index contributed by atoms with van der Waals surface area (Å²) < 4.78 is 7.75. The third-order valence-corrected chi connectivity index (χ3v) is 3.10. The van der Waals surface area contributed by atoms with Gasteiger partial charge in [-0.05, 0) is 25.2 Å². The molecule has 1 radical (unpaired) electrons. The molecule has 0 N–H and O–H groups in total. The molecule has 0 saturated carbocycles. The average Bonchev–Trinajstić information content (AvgIpc) is 2.77. The standard InChI is InChI=1S/C14H18N3OSi/c1-17-10-12(16-11-17)8-9-15-13-6-4-5-7-14(13)18-19(2)3/h4-7,9-11H,8H2,1-3H3. The molecule has 2 rings (SSSR count). The van der Waals surface area contributed by atoms with Gasteiger partial charge in [-0.2, -0.15) is 0 Å². The zero-order chi connectivity index (χ0) is 13.7. The maximum Gasteiger partial charge on any atom is 0.274 e. The van der Waals surface area contributed by atoms with Crippen LogP contribution in [0.4, 0.5) is 5.69 Å². The molecule has 0 spiro atoms. The third-order valence-electron chi connectivity index (χ3n) is 2.47. The maximum absolute atomic E-state index is 5.82. The van der Waals surface area contributed by atoms with Gasteiger partial charge in [-0.3, -0.25) is 4.99 Å². The summed E-state index contributed by atoms with van der Waals surface area (Å²) in [4.78, 5) is 8.74. The Morgan fingerprint density at radius 2 is 2.16 bits per heavy atom. The van der Waals surface area contributed by atoms with E-state index in [0.29, 0.717) is 0 Å². The first-order valence-electron chi connectivity index (χ1n) is 6.21. The van der Waals surface area contributed by atoms with Gasteiger partial charge in [-0.1, -0.05) is 12.1 Å². The van der Waals surface area contributed by atoms with E-state index in [9.17, 15) is 0 Å². The predicted molar refractivity (Wildman–Crippen MR) is 79.6 cm³/mol. The Kier molecular flexibility index (Phi) is 4.51. The molecule has 0 bridgehead atoms. The fourth-order valence-corrected chi connectivity index (χ4v) is 2.29. The lowest BCUT2D eigenvalue weighted by Gasteiger charge is -2.10.